The molecule has 0 atom stereocenters. The predicted octanol–water partition coefficient (Wildman–Crippen LogP) is 2.88. The number of carbonyl (C=O) groups excluding carboxylic acids is 3. The van der Waals surface area contributed by atoms with Crippen LogP contribution < -0.4 is 5.32 Å². The topological polar surface area (TPSA) is 94.2 Å². The number of alkyl carbamates (subject to hydrolysis) is 1. The van der Waals surface area contributed by atoms with Crippen molar-refractivity contribution in [1.82, 2.24) is 10.4 Å². The van der Waals surface area contributed by atoms with E-state index in [1.807, 2.05) is 49.5 Å². The number of nitrogens with zero attached hydrogens (tertiary/aromatic N) is 1. The summed E-state index contributed by atoms with van der Waals surface area (Å²) in [5.41, 5.74) is 0.837. The minimum atomic E-state index is -0.881. The summed E-state index contributed by atoms with van der Waals surface area (Å²) in [6.45, 7) is 5.96. The number of imide groups is 1. The van der Waals surface area contributed by atoms with Crippen LogP contribution in [0, 0.1) is 5.92 Å². The van der Waals surface area contributed by atoms with Gasteiger partial charge in [-0.15, -0.1) is 0 Å². The number of hydrogen-bond donors (Lipinski definition) is 1. The molecule has 144 valence electrons. The van der Waals surface area contributed by atoms with Crippen LogP contribution in [0.4, 0.5) is 9.59 Å². The van der Waals surface area contributed by atoms with E-state index in [9.17, 15) is 14.4 Å². The molecule has 1 aromatic carbocycles. The van der Waals surface area contributed by atoms with Crippen molar-refractivity contribution in [3.05, 3.63) is 35.9 Å². The summed E-state index contributed by atoms with van der Waals surface area (Å²) in [5, 5.41) is 2.96. The normalized spacial score (nSPS) is 10.3. The van der Waals surface area contributed by atoms with Gasteiger partial charge in [0.1, 0.15) is 6.61 Å². The van der Waals surface area contributed by atoms with Crippen molar-refractivity contribution < 1.29 is 28.7 Å². The highest BCUT2D eigenvalue weighted by Crippen LogP contribution is 2.05. The van der Waals surface area contributed by atoms with Crippen LogP contribution in [-0.2, 0) is 25.7 Å². The maximum absolute atomic E-state index is 12.2. The van der Waals surface area contributed by atoms with E-state index in [1.54, 1.807) is 6.92 Å². The predicted molar refractivity (Wildman–Crippen MR) is 93.9 cm³/mol. The second-order valence-corrected chi connectivity index (χ2v) is 5.84. The number of urea groups is 1. The Balaban J connectivity index is 2.60. The van der Waals surface area contributed by atoms with E-state index in [0.717, 1.165) is 10.6 Å². The van der Waals surface area contributed by atoms with Gasteiger partial charge < -0.3 is 9.47 Å². The van der Waals surface area contributed by atoms with Gasteiger partial charge in [-0.05, 0) is 18.4 Å². The molecule has 0 saturated carbocycles. The molecule has 0 saturated heterocycles. The molecule has 1 N–H and O–H groups in total. The average molecular weight is 366 g/mol. The smallest absolute Gasteiger partial charge is 0.415 e. The van der Waals surface area contributed by atoms with Gasteiger partial charge in [0.05, 0.1) is 26.2 Å². The fraction of sp³-hybridized carbons (Fsp3) is 0.500. The molecule has 1 aromatic rings. The Bertz CT molecular complexity index is 576. The van der Waals surface area contributed by atoms with Gasteiger partial charge in [-0.1, -0.05) is 44.2 Å². The molecule has 0 aliphatic rings. The highest BCUT2D eigenvalue weighted by Gasteiger charge is 2.20. The van der Waals surface area contributed by atoms with Crippen molar-refractivity contribution in [1.29, 1.82) is 0 Å². The molecule has 26 heavy (non-hydrogen) atoms. The Morgan fingerprint density at radius 1 is 1.12 bits per heavy atom. The van der Waals surface area contributed by atoms with Gasteiger partial charge in [-0.3, -0.25) is 9.63 Å². The van der Waals surface area contributed by atoms with E-state index in [4.69, 9.17) is 9.57 Å². The van der Waals surface area contributed by atoms with Crippen LogP contribution in [-0.4, -0.2) is 42.9 Å². The number of hydrogen-bond acceptors (Lipinski definition) is 6. The molecule has 1 rings (SSSR count). The monoisotopic (exact) mass is 366 g/mol. The van der Waals surface area contributed by atoms with E-state index in [2.05, 4.69) is 4.74 Å². The summed E-state index contributed by atoms with van der Waals surface area (Å²) < 4.78 is 9.74. The molecule has 0 fully saturated rings. The van der Waals surface area contributed by atoms with Crippen LogP contribution in [0.25, 0.3) is 0 Å². The van der Waals surface area contributed by atoms with Crippen molar-refractivity contribution >= 4 is 18.1 Å². The first-order valence-electron chi connectivity index (χ1n) is 8.50. The maximum Gasteiger partial charge on any atom is 0.415 e. The summed E-state index contributed by atoms with van der Waals surface area (Å²) >= 11 is 0. The number of carbonyl (C=O) groups is 3. The van der Waals surface area contributed by atoms with E-state index in [-0.39, 0.29) is 32.1 Å². The second kappa shape index (κ2) is 11.9. The van der Waals surface area contributed by atoms with Crippen LogP contribution in [0.2, 0.25) is 0 Å². The summed E-state index contributed by atoms with van der Waals surface area (Å²) in [6.07, 6.45) is -0.939. The third-order valence-electron chi connectivity index (χ3n) is 3.04. The van der Waals surface area contributed by atoms with E-state index >= 15 is 0 Å². The maximum atomic E-state index is 12.2. The summed E-state index contributed by atoms with van der Waals surface area (Å²) in [5.74, 6) is -0.229. The van der Waals surface area contributed by atoms with Gasteiger partial charge in [0.15, 0.2) is 0 Å². The molecule has 0 aliphatic carbocycles. The van der Waals surface area contributed by atoms with Crippen molar-refractivity contribution in [3.8, 4) is 0 Å². The number of rotatable bonds is 9. The molecule has 0 radical (unpaired) electrons. The first kappa shape index (κ1) is 21.4. The lowest BCUT2D eigenvalue weighted by Gasteiger charge is -2.21. The van der Waals surface area contributed by atoms with Crippen LogP contribution >= 0.6 is 0 Å². The van der Waals surface area contributed by atoms with Crippen molar-refractivity contribution in [3.63, 3.8) is 0 Å². The van der Waals surface area contributed by atoms with E-state index in [0.29, 0.717) is 6.61 Å². The average Bonchev–Trinajstić information content (AvgIpc) is 2.60. The summed E-state index contributed by atoms with van der Waals surface area (Å²) in [4.78, 5) is 40.8. The molecule has 8 nitrogen and oxygen atoms in total. The lowest BCUT2D eigenvalue weighted by molar-refractivity contribution is -0.152. The number of amides is 3. The second-order valence-electron chi connectivity index (χ2n) is 5.84. The van der Waals surface area contributed by atoms with Crippen LogP contribution in [0.3, 0.4) is 0 Å². The SMILES string of the molecule is CCOC(=O)NC(=O)N(CCC(=O)OCC(C)C)OCc1ccccc1. The quantitative estimate of drug-likeness (QED) is 0.533. The Kier molecular flexibility index (Phi) is 9.78. The fourth-order valence-corrected chi connectivity index (χ4v) is 1.79. The van der Waals surface area contributed by atoms with Gasteiger partial charge >= 0.3 is 18.1 Å². The first-order valence-corrected chi connectivity index (χ1v) is 8.50. The Labute approximate surface area is 153 Å². The van der Waals surface area contributed by atoms with Crippen LogP contribution in [0.1, 0.15) is 32.8 Å². The minimum Gasteiger partial charge on any atom is -0.465 e. The third-order valence-corrected chi connectivity index (χ3v) is 3.04. The van der Waals surface area contributed by atoms with Gasteiger partial charge in [0.2, 0.25) is 0 Å². The number of benzene rings is 1. The fourth-order valence-electron chi connectivity index (χ4n) is 1.79. The molecule has 3 amide bonds. The molecule has 0 unspecified atom stereocenters. The largest absolute Gasteiger partial charge is 0.465 e. The summed E-state index contributed by atoms with van der Waals surface area (Å²) in [7, 11) is 0. The first-order chi connectivity index (χ1) is 12.4. The molecule has 0 aromatic heterocycles. The van der Waals surface area contributed by atoms with Crippen molar-refractivity contribution in [2.24, 2.45) is 5.92 Å². The number of hydroxylamine groups is 2. The van der Waals surface area contributed by atoms with E-state index in [1.165, 1.54) is 0 Å². The number of ether oxygens (including phenoxy) is 2. The van der Waals surface area contributed by atoms with Gasteiger partial charge in [0.25, 0.3) is 0 Å². The summed E-state index contributed by atoms with van der Waals surface area (Å²) in [6, 6.07) is 8.39. The highest BCUT2D eigenvalue weighted by molar-refractivity contribution is 5.90. The zero-order chi connectivity index (χ0) is 19.4. The van der Waals surface area contributed by atoms with Crippen molar-refractivity contribution in [2.75, 3.05) is 19.8 Å². The Morgan fingerprint density at radius 3 is 2.42 bits per heavy atom. The number of esters is 1. The molecular formula is C18H26N2O6. The molecule has 0 spiro atoms. The molecule has 8 heteroatoms. The number of nitrogens with one attached hydrogen (secondary N) is 1. The van der Waals surface area contributed by atoms with E-state index < -0.39 is 18.1 Å². The minimum absolute atomic E-state index is 0.0578. The Morgan fingerprint density at radius 2 is 1.81 bits per heavy atom. The lowest BCUT2D eigenvalue weighted by Crippen LogP contribution is -2.44. The van der Waals surface area contributed by atoms with Gasteiger partial charge in [-0.2, -0.15) is 0 Å². The third kappa shape index (κ3) is 9.03. The molecular weight excluding hydrogens is 340 g/mol. The standard InChI is InChI=1S/C18H26N2O6/c1-4-24-18(23)19-17(22)20(11-10-16(21)25-12-14(2)3)26-13-15-8-6-5-7-9-15/h5-9,14H,4,10-13H2,1-3H3,(H,19,22,23). The zero-order valence-electron chi connectivity index (χ0n) is 15.4. The Hall–Kier alpha value is -2.61. The molecule has 0 heterocycles. The molecule has 0 aliphatic heterocycles. The molecule has 0 bridgehead atoms. The van der Waals surface area contributed by atoms with Gasteiger partial charge in [0, 0.05) is 0 Å². The van der Waals surface area contributed by atoms with Crippen LogP contribution in [0.5, 0.6) is 0 Å². The van der Waals surface area contributed by atoms with Gasteiger partial charge in [-0.25, -0.2) is 20.0 Å². The lowest BCUT2D eigenvalue weighted by atomic mass is 10.2. The highest BCUT2D eigenvalue weighted by atomic mass is 16.7. The van der Waals surface area contributed by atoms with Crippen molar-refractivity contribution in [2.45, 2.75) is 33.8 Å². The zero-order valence-corrected chi connectivity index (χ0v) is 15.4. The van der Waals surface area contributed by atoms with Crippen LogP contribution in [0.15, 0.2) is 30.3 Å².